The standard InChI is InChI=1S/C26H35N3O4S/c1-6-10-14-28-24(30)23(25(31)29(26(28)34)15-11-7-2)22-17-20(32-5)19-13-12-18(16-21(19)33-22)27(8-3)9-4/h12-13,16-17H,6-11,14-15H2,1-5H3. The number of benzene rings is 1. The van der Waals surface area contributed by atoms with Crippen LogP contribution < -0.4 is 9.64 Å². The molecule has 0 bridgehead atoms. The highest BCUT2D eigenvalue weighted by Gasteiger charge is 2.42. The van der Waals surface area contributed by atoms with E-state index in [-0.39, 0.29) is 16.4 Å². The molecule has 2 aliphatic heterocycles. The van der Waals surface area contributed by atoms with Gasteiger partial charge in [0, 0.05) is 44.0 Å². The molecular formula is C26H35N3O4S. The normalized spacial score (nSPS) is 15.9. The van der Waals surface area contributed by atoms with E-state index in [1.807, 2.05) is 18.2 Å². The molecule has 0 aliphatic carbocycles. The summed E-state index contributed by atoms with van der Waals surface area (Å²) in [5.41, 5.74) is 1.77. The summed E-state index contributed by atoms with van der Waals surface area (Å²) in [5.74, 6) is 0.466. The number of anilines is 1. The maximum Gasteiger partial charge on any atom is 0.269 e. The highest BCUT2D eigenvalue weighted by atomic mass is 32.1. The topological polar surface area (TPSA) is 62.3 Å². The number of allylic oxidation sites excluding steroid dienone is 1. The van der Waals surface area contributed by atoms with Crippen LogP contribution in [0.2, 0.25) is 0 Å². The Hall–Kier alpha value is -2.87. The smallest absolute Gasteiger partial charge is 0.269 e. The van der Waals surface area contributed by atoms with Gasteiger partial charge in [-0.3, -0.25) is 19.4 Å². The molecule has 0 unspecified atom stereocenters. The third-order valence-corrected chi connectivity index (χ3v) is 6.60. The van der Waals surface area contributed by atoms with Gasteiger partial charge in [-0.1, -0.05) is 26.7 Å². The lowest BCUT2D eigenvalue weighted by Gasteiger charge is -2.37. The summed E-state index contributed by atoms with van der Waals surface area (Å²) in [6.45, 7) is 10.9. The number of thiocarbonyl (C=S) groups is 1. The molecule has 8 heteroatoms. The van der Waals surface area contributed by atoms with Crippen LogP contribution in [-0.4, -0.2) is 60.0 Å². The molecule has 0 radical (unpaired) electrons. The largest absolute Gasteiger partial charge is 0.496 e. The molecule has 3 rings (SSSR count). The van der Waals surface area contributed by atoms with Gasteiger partial charge in [0.05, 0.1) is 12.7 Å². The number of carbonyl (C=O) groups is 2. The Labute approximate surface area is 208 Å². The lowest BCUT2D eigenvalue weighted by atomic mass is 10.0. The Morgan fingerprint density at radius 2 is 1.56 bits per heavy atom. The summed E-state index contributed by atoms with van der Waals surface area (Å²) in [7, 11) is 1.57. The first-order chi connectivity index (χ1) is 16.4. The van der Waals surface area contributed by atoms with Crippen molar-refractivity contribution in [2.24, 2.45) is 0 Å². The first kappa shape index (κ1) is 25.7. The summed E-state index contributed by atoms with van der Waals surface area (Å²) in [6, 6.07) is 5.90. The number of unbranched alkanes of at least 4 members (excludes halogenated alkanes) is 2. The van der Waals surface area contributed by atoms with E-state index >= 15 is 0 Å². The average molecular weight is 486 g/mol. The number of hydrogen-bond acceptors (Lipinski definition) is 6. The Balaban J connectivity index is 2.11. The molecule has 1 aromatic rings. The number of amides is 2. The minimum atomic E-state index is -0.416. The molecule has 1 saturated heterocycles. The molecule has 1 fully saturated rings. The third-order valence-electron chi connectivity index (χ3n) is 6.16. The van der Waals surface area contributed by atoms with Crippen molar-refractivity contribution in [1.29, 1.82) is 0 Å². The van der Waals surface area contributed by atoms with Crippen molar-refractivity contribution < 1.29 is 19.1 Å². The molecule has 1 aromatic carbocycles. The fourth-order valence-electron chi connectivity index (χ4n) is 4.14. The first-order valence-electron chi connectivity index (χ1n) is 12.2. The van der Waals surface area contributed by atoms with E-state index in [1.165, 1.54) is 9.80 Å². The van der Waals surface area contributed by atoms with Crippen LogP contribution in [0.3, 0.4) is 0 Å². The average Bonchev–Trinajstić information content (AvgIpc) is 2.84. The van der Waals surface area contributed by atoms with Crippen LogP contribution >= 0.6 is 12.2 Å². The molecule has 0 aromatic heterocycles. The highest BCUT2D eigenvalue weighted by Crippen LogP contribution is 2.38. The molecule has 2 heterocycles. The SMILES string of the molecule is CCCCN1C(=O)C(=C2C=C(OC)c3ccc(N(CC)CC)cc3O2)C(=O)N(CCCC)C1=S. The number of methoxy groups -OCH3 is 1. The third kappa shape index (κ3) is 4.97. The number of rotatable bonds is 10. The van der Waals surface area contributed by atoms with E-state index < -0.39 is 11.8 Å². The molecule has 34 heavy (non-hydrogen) atoms. The minimum Gasteiger partial charge on any atom is -0.496 e. The van der Waals surface area contributed by atoms with Crippen LogP contribution in [0.4, 0.5) is 5.69 Å². The van der Waals surface area contributed by atoms with Crippen molar-refractivity contribution in [3.05, 3.63) is 41.2 Å². The molecule has 0 spiro atoms. The van der Waals surface area contributed by atoms with Crippen LogP contribution in [0, 0.1) is 0 Å². The number of ether oxygens (including phenoxy) is 2. The summed E-state index contributed by atoms with van der Waals surface area (Å²) >= 11 is 5.57. The van der Waals surface area contributed by atoms with E-state index in [0.29, 0.717) is 24.6 Å². The van der Waals surface area contributed by atoms with Crippen molar-refractivity contribution in [3.8, 4) is 5.75 Å². The van der Waals surface area contributed by atoms with Gasteiger partial charge in [0.25, 0.3) is 11.8 Å². The monoisotopic (exact) mass is 485 g/mol. The second-order valence-electron chi connectivity index (χ2n) is 8.31. The van der Waals surface area contributed by atoms with Gasteiger partial charge in [0.2, 0.25) is 0 Å². The minimum absolute atomic E-state index is 0.00533. The summed E-state index contributed by atoms with van der Waals surface area (Å²) in [5, 5.41) is 0.275. The van der Waals surface area contributed by atoms with Gasteiger partial charge in [-0.25, -0.2) is 0 Å². The molecule has 0 N–H and O–H groups in total. The van der Waals surface area contributed by atoms with Crippen molar-refractivity contribution in [3.63, 3.8) is 0 Å². The predicted molar refractivity (Wildman–Crippen MR) is 138 cm³/mol. The zero-order chi connectivity index (χ0) is 24.8. The summed E-state index contributed by atoms with van der Waals surface area (Å²) in [4.78, 5) is 32.3. The molecular weight excluding hydrogens is 450 g/mol. The maximum absolute atomic E-state index is 13.5. The number of fused-ring (bicyclic) bond motifs is 1. The first-order valence-corrected chi connectivity index (χ1v) is 12.6. The lowest BCUT2D eigenvalue weighted by molar-refractivity contribution is -0.134. The van der Waals surface area contributed by atoms with Gasteiger partial charge in [-0.15, -0.1) is 0 Å². The molecule has 2 amide bonds. The number of nitrogens with zero attached hydrogens (tertiary/aromatic N) is 3. The number of hydrogen-bond donors (Lipinski definition) is 0. The van der Waals surface area contributed by atoms with Gasteiger partial charge < -0.3 is 14.4 Å². The van der Waals surface area contributed by atoms with E-state index in [2.05, 4.69) is 32.6 Å². The zero-order valence-electron chi connectivity index (χ0n) is 20.8. The fraction of sp³-hybridized carbons (Fsp3) is 0.500. The summed E-state index contributed by atoms with van der Waals surface area (Å²) < 4.78 is 11.8. The Morgan fingerprint density at radius 1 is 0.971 bits per heavy atom. The highest BCUT2D eigenvalue weighted by molar-refractivity contribution is 7.80. The van der Waals surface area contributed by atoms with Crippen molar-refractivity contribution in [1.82, 2.24) is 9.80 Å². The maximum atomic E-state index is 13.5. The second-order valence-corrected chi connectivity index (χ2v) is 8.68. The van der Waals surface area contributed by atoms with Gasteiger partial charge in [0.15, 0.2) is 5.11 Å². The van der Waals surface area contributed by atoms with Gasteiger partial charge >= 0.3 is 0 Å². The van der Waals surface area contributed by atoms with Crippen molar-refractivity contribution in [2.45, 2.75) is 53.4 Å². The molecule has 184 valence electrons. The van der Waals surface area contributed by atoms with E-state index in [4.69, 9.17) is 21.7 Å². The Kier molecular flexibility index (Phi) is 8.72. The Bertz CT molecular complexity index is 981. The molecule has 0 saturated carbocycles. The zero-order valence-corrected chi connectivity index (χ0v) is 21.7. The van der Waals surface area contributed by atoms with Crippen molar-refractivity contribution in [2.75, 3.05) is 38.2 Å². The van der Waals surface area contributed by atoms with E-state index in [0.717, 1.165) is 50.0 Å². The fourth-order valence-corrected chi connectivity index (χ4v) is 4.49. The molecule has 7 nitrogen and oxygen atoms in total. The van der Waals surface area contributed by atoms with Gasteiger partial charge in [-0.2, -0.15) is 0 Å². The predicted octanol–water partition coefficient (Wildman–Crippen LogP) is 4.72. The van der Waals surface area contributed by atoms with Crippen molar-refractivity contribution >= 4 is 40.6 Å². The van der Waals surface area contributed by atoms with Crippen LogP contribution in [0.25, 0.3) is 5.76 Å². The van der Waals surface area contributed by atoms with Crippen LogP contribution in [-0.2, 0) is 14.3 Å². The molecule has 2 aliphatic rings. The lowest BCUT2D eigenvalue weighted by Crippen LogP contribution is -2.57. The quantitative estimate of drug-likeness (QED) is 0.271. The molecule has 0 atom stereocenters. The second kappa shape index (κ2) is 11.5. The van der Waals surface area contributed by atoms with Gasteiger partial charge in [0.1, 0.15) is 22.8 Å². The van der Waals surface area contributed by atoms with Crippen LogP contribution in [0.15, 0.2) is 35.6 Å². The van der Waals surface area contributed by atoms with Gasteiger partial charge in [-0.05, 0) is 51.0 Å². The van der Waals surface area contributed by atoms with E-state index in [1.54, 1.807) is 13.2 Å². The Morgan fingerprint density at radius 3 is 2.06 bits per heavy atom. The summed E-state index contributed by atoms with van der Waals surface area (Å²) in [6.07, 6.45) is 5.04. The van der Waals surface area contributed by atoms with Crippen LogP contribution in [0.5, 0.6) is 5.75 Å². The van der Waals surface area contributed by atoms with E-state index in [9.17, 15) is 9.59 Å². The number of carbonyl (C=O) groups excluding carboxylic acids is 2. The van der Waals surface area contributed by atoms with Crippen LogP contribution in [0.1, 0.15) is 58.9 Å².